The molecule has 4 aromatic carbocycles. The van der Waals surface area contributed by atoms with Crippen LogP contribution in [-0.2, 0) is 32.6 Å². The standard InChI is InChI=1S/C34H36ClN3O6S/c1-24-10-17-29(18-11-24)45(41,42)38(28-16-19-31(43-3)32(21-28)44-4)23-33(39)37(22-26-12-14-27(35)15-13-26)30(34(40)36-2)20-25-8-6-5-7-9-25/h5-19,21,30H,20,22-23H2,1-4H3,(H,36,40)/t30-/m1/s1. The third-order valence-electron chi connectivity index (χ3n) is 7.33. The van der Waals surface area contributed by atoms with E-state index in [4.69, 9.17) is 21.1 Å². The van der Waals surface area contributed by atoms with Gasteiger partial charge in [-0.2, -0.15) is 0 Å². The van der Waals surface area contributed by atoms with Gasteiger partial charge in [0.15, 0.2) is 11.5 Å². The largest absolute Gasteiger partial charge is 0.493 e. The van der Waals surface area contributed by atoms with Gasteiger partial charge in [-0.25, -0.2) is 8.42 Å². The minimum absolute atomic E-state index is 0.00655. The van der Waals surface area contributed by atoms with E-state index < -0.39 is 28.5 Å². The Labute approximate surface area is 269 Å². The summed E-state index contributed by atoms with van der Waals surface area (Å²) >= 11 is 6.12. The van der Waals surface area contributed by atoms with Crippen LogP contribution in [0.4, 0.5) is 5.69 Å². The summed E-state index contributed by atoms with van der Waals surface area (Å²) in [6.45, 7) is 1.29. The number of nitrogens with zero attached hydrogens (tertiary/aromatic N) is 2. The van der Waals surface area contributed by atoms with Gasteiger partial charge in [0.25, 0.3) is 10.0 Å². The lowest BCUT2D eigenvalue weighted by atomic mass is 10.0. The Bertz CT molecular complexity index is 1720. The van der Waals surface area contributed by atoms with Crippen LogP contribution in [0.1, 0.15) is 16.7 Å². The van der Waals surface area contributed by atoms with E-state index >= 15 is 0 Å². The maximum absolute atomic E-state index is 14.4. The molecule has 0 spiro atoms. The monoisotopic (exact) mass is 649 g/mol. The zero-order valence-corrected chi connectivity index (χ0v) is 27.1. The van der Waals surface area contributed by atoms with E-state index in [-0.39, 0.29) is 35.2 Å². The average Bonchev–Trinajstić information content (AvgIpc) is 3.05. The van der Waals surface area contributed by atoms with Crippen LogP contribution < -0.4 is 19.1 Å². The van der Waals surface area contributed by atoms with Gasteiger partial charge in [-0.1, -0.05) is 71.8 Å². The van der Waals surface area contributed by atoms with Gasteiger partial charge in [0, 0.05) is 31.1 Å². The summed E-state index contributed by atoms with van der Waals surface area (Å²) in [5.41, 5.74) is 2.62. The van der Waals surface area contributed by atoms with Crippen molar-refractivity contribution in [3.8, 4) is 11.5 Å². The first-order valence-corrected chi connectivity index (χ1v) is 16.0. The van der Waals surface area contributed by atoms with Gasteiger partial charge in [-0.15, -0.1) is 0 Å². The van der Waals surface area contributed by atoms with Crippen LogP contribution >= 0.6 is 11.6 Å². The molecule has 45 heavy (non-hydrogen) atoms. The summed E-state index contributed by atoms with van der Waals surface area (Å²) in [6, 6.07) is 26.3. The number of benzene rings is 4. The van der Waals surface area contributed by atoms with Crippen LogP contribution in [0.5, 0.6) is 11.5 Å². The van der Waals surface area contributed by atoms with Crippen LogP contribution in [0.3, 0.4) is 0 Å². The van der Waals surface area contributed by atoms with Crippen molar-refractivity contribution in [3.05, 3.63) is 119 Å². The van der Waals surface area contributed by atoms with Gasteiger partial charge in [0.1, 0.15) is 12.6 Å². The average molecular weight is 650 g/mol. The van der Waals surface area contributed by atoms with E-state index in [9.17, 15) is 18.0 Å². The number of anilines is 1. The highest BCUT2D eigenvalue weighted by Gasteiger charge is 2.34. The topological polar surface area (TPSA) is 105 Å². The zero-order chi connectivity index (χ0) is 32.6. The van der Waals surface area contributed by atoms with Crippen molar-refractivity contribution in [1.82, 2.24) is 10.2 Å². The third-order valence-corrected chi connectivity index (χ3v) is 9.37. The van der Waals surface area contributed by atoms with E-state index in [1.165, 1.54) is 44.4 Å². The molecule has 0 radical (unpaired) electrons. The Balaban J connectivity index is 1.82. The zero-order valence-electron chi connectivity index (χ0n) is 25.6. The smallest absolute Gasteiger partial charge is 0.264 e. The van der Waals surface area contributed by atoms with Crippen LogP contribution in [-0.4, -0.2) is 59.0 Å². The molecule has 0 aromatic heterocycles. The summed E-state index contributed by atoms with van der Waals surface area (Å²) in [4.78, 5) is 29.2. The number of amides is 2. The molecule has 9 nitrogen and oxygen atoms in total. The molecule has 0 fully saturated rings. The number of sulfonamides is 1. The number of nitrogens with one attached hydrogen (secondary N) is 1. The van der Waals surface area contributed by atoms with Crippen molar-refractivity contribution in [2.24, 2.45) is 0 Å². The van der Waals surface area contributed by atoms with Crippen molar-refractivity contribution in [2.45, 2.75) is 30.8 Å². The number of hydrogen-bond donors (Lipinski definition) is 1. The van der Waals surface area contributed by atoms with Crippen LogP contribution in [0, 0.1) is 6.92 Å². The maximum atomic E-state index is 14.4. The second kappa shape index (κ2) is 15.0. The number of methoxy groups -OCH3 is 2. The molecule has 1 N–H and O–H groups in total. The SMILES string of the molecule is CNC(=O)[C@@H](Cc1ccccc1)N(Cc1ccc(Cl)cc1)C(=O)CN(c1ccc(OC)c(OC)c1)S(=O)(=O)c1ccc(C)cc1. The molecule has 0 aliphatic rings. The predicted octanol–water partition coefficient (Wildman–Crippen LogP) is 5.25. The summed E-state index contributed by atoms with van der Waals surface area (Å²) in [5.74, 6) is -0.288. The van der Waals surface area contributed by atoms with Crippen molar-refractivity contribution in [3.63, 3.8) is 0 Å². The Kier molecular flexibility index (Phi) is 11.1. The highest BCUT2D eigenvalue weighted by atomic mass is 35.5. The first-order chi connectivity index (χ1) is 21.6. The van der Waals surface area contributed by atoms with Crippen LogP contribution in [0.25, 0.3) is 0 Å². The molecule has 236 valence electrons. The normalized spacial score (nSPS) is 11.8. The van der Waals surface area contributed by atoms with Gasteiger partial charge in [-0.3, -0.25) is 13.9 Å². The van der Waals surface area contributed by atoms with Gasteiger partial charge in [0.2, 0.25) is 11.8 Å². The molecule has 0 aliphatic heterocycles. The molecular formula is C34H36ClN3O6S. The lowest BCUT2D eigenvalue weighted by Crippen LogP contribution is -2.53. The lowest BCUT2D eigenvalue weighted by molar-refractivity contribution is -0.139. The predicted molar refractivity (Wildman–Crippen MR) is 175 cm³/mol. The number of carbonyl (C=O) groups is 2. The molecule has 4 aromatic rings. The Hall–Kier alpha value is -4.54. The molecule has 4 rings (SSSR count). The molecule has 0 heterocycles. The summed E-state index contributed by atoms with van der Waals surface area (Å²) in [7, 11) is 0.157. The van der Waals surface area contributed by atoms with E-state index in [1.54, 1.807) is 48.5 Å². The van der Waals surface area contributed by atoms with Crippen molar-refractivity contribution >= 4 is 39.1 Å². The number of hydrogen-bond acceptors (Lipinski definition) is 6. The van der Waals surface area contributed by atoms with Gasteiger partial charge in [0.05, 0.1) is 24.8 Å². The molecule has 0 aliphatic carbocycles. The highest BCUT2D eigenvalue weighted by Crippen LogP contribution is 2.34. The van der Waals surface area contributed by atoms with Gasteiger partial charge < -0.3 is 19.7 Å². The first-order valence-electron chi connectivity index (χ1n) is 14.2. The number of carbonyl (C=O) groups excluding carboxylic acids is 2. The van der Waals surface area contributed by atoms with E-state index in [2.05, 4.69) is 5.32 Å². The van der Waals surface area contributed by atoms with Gasteiger partial charge >= 0.3 is 0 Å². The van der Waals surface area contributed by atoms with E-state index in [0.717, 1.165) is 15.4 Å². The molecular weight excluding hydrogens is 614 g/mol. The lowest BCUT2D eigenvalue weighted by Gasteiger charge is -2.33. The second-order valence-electron chi connectivity index (χ2n) is 10.3. The van der Waals surface area contributed by atoms with Crippen molar-refractivity contribution in [1.29, 1.82) is 0 Å². The van der Waals surface area contributed by atoms with Crippen molar-refractivity contribution < 1.29 is 27.5 Å². The molecule has 1 atom stereocenters. The van der Waals surface area contributed by atoms with Crippen LogP contribution in [0.15, 0.2) is 102 Å². The third kappa shape index (κ3) is 8.14. The number of rotatable bonds is 13. The first kappa shape index (κ1) is 33.4. The number of aryl methyl sites for hydroxylation is 1. The molecule has 0 saturated carbocycles. The Morgan fingerprint density at radius 2 is 1.49 bits per heavy atom. The quantitative estimate of drug-likeness (QED) is 0.212. The van der Waals surface area contributed by atoms with E-state index in [1.807, 2.05) is 37.3 Å². The number of ether oxygens (including phenoxy) is 2. The highest BCUT2D eigenvalue weighted by molar-refractivity contribution is 7.92. The van der Waals surface area contributed by atoms with Crippen LogP contribution in [0.2, 0.25) is 5.02 Å². The fourth-order valence-corrected chi connectivity index (χ4v) is 6.39. The number of halogens is 1. The minimum Gasteiger partial charge on any atom is -0.493 e. The molecule has 11 heteroatoms. The molecule has 0 bridgehead atoms. The summed E-state index contributed by atoms with van der Waals surface area (Å²) < 4.78 is 40.2. The molecule has 0 saturated heterocycles. The van der Waals surface area contributed by atoms with E-state index in [0.29, 0.717) is 16.3 Å². The summed E-state index contributed by atoms with van der Waals surface area (Å²) in [5, 5.41) is 3.19. The van der Waals surface area contributed by atoms with Gasteiger partial charge in [-0.05, 0) is 54.4 Å². The van der Waals surface area contributed by atoms with Crippen molar-refractivity contribution in [2.75, 3.05) is 32.1 Å². The maximum Gasteiger partial charge on any atom is 0.264 e. The Morgan fingerprint density at radius 1 is 0.844 bits per heavy atom. The molecule has 2 amide bonds. The molecule has 0 unspecified atom stereocenters. The number of likely N-dealkylation sites (N-methyl/N-ethyl adjacent to an activating group) is 1. The minimum atomic E-state index is -4.26. The fraction of sp³-hybridized carbons (Fsp3) is 0.235. The summed E-state index contributed by atoms with van der Waals surface area (Å²) in [6.07, 6.45) is 0.209. The Morgan fingerprint density at radius 3 is 2.09 bits per heavy atom. The second-order valence-corrected chi connectivity index (χ2v) is 12.6. The fourth-order valence-electron chi connectivity index (χ4n) is 4.85.